The van der Waals surface area contributed by atoms with Crippen molar-refractivity contribution < 1.29 is 13.9 Å². The molecule has 0 bridgehead atoms. The fraction of sp³-hybridized carbons (Fsp3) is 0.240. The van der Waals surface area contributed by atoms with Gasteiger partial charge in [-0.2, -0.15) is 0 Å². The van der Waals surface area contributed by atoms with Gasteiger partial charge in [-0.1, -0.05) is 41.9 Å². The number of benzene rings is 3. The maximum atomic E-state index is 14.0. The quantitative estimate of drug-likeness (QED) is 0.298. The predicted octanol–water partition coefficient (Wildman–Crippen LogP) is 6.90. The normalized spacial score (nSPS) is 11.9. The van der Waals surface area contributed by atoms with Crippen molar-refractivity contribution in [3.8, 4) is 5.75 Å². The number of aldehydes is 1. The highest BCUT2D eigenvalue weighted by molar-refractivity contribution is 6.30. The van der Waals surface area contributed by atoms with Gasteiger partial charge in [-0.05, 0) is 79.3 Å². The van der Waals surface area contributed by atoms with E-state index in [1.807, 2.05) is 18.2 Å². The van der Waals surface area contributed by atoms with Gasteiger partial charge >= 0.3 is 0 Å². The molecule has 0 aromatic heterocycles. The molecule has 150 valence electrons. The lowest BCUT2D eigenvalue weighted by Gasteiger charge is -2.20. The SMILES string of the molecule is Cc1ccc([C@@H](CCCOc2ccc(C=O)cc2F)c2cccc(Cl)c2)cc1C. The molecule has 29 heavy (non-hydrogen) atoms. The number of aryl methyl sites for hydroxylation is 2. The van der Waals surface area contributed by atoms with Crippen LogP contribution in [0.5, 0.6) is 5.75 Å². The van der Waals surface area contributed by atoms with Crippen molar-refractivity contribution >= 4 is 17.9 Å². The second-order valence-corrected chi connectivity index (χ2v) is 7.69. The molecule has 0 saturated heterocycles. The summed E-state index contributed by atoms with van der Waals surface area (Å²) >= 11 is 6.23. The number of hydrogen-bond acceptors (Lipinski definition) is 2. The molecule has 3 rings (SSSR count). The largest absolute Gasteiger partial charge is 0.491 e. The fourth-order valence-corrected chi connectivity index (χ4v) is 3.61. The minimum absolute atomic E-state index is 0.168. The maximum absolute atomic E-state index is 14.0. The Bertz CT molecular complexity index is 1000. The standard InChI is InChI=1S/C25H24ClFO2/c1-17-8-10-21(13-18(17)2)23(20-5-3-6-22(26)15-20)7-4-12-29-25-11-9-19(16-28)14-24(25)27/h3,5-6,8-11,13-16,23H,4,7,12H2,1-2H3/t23-/m0/s1. The molecule has 2 nitrogen and oxygen atoms in total. The molecule has 0 aliphatic carbocycles. The van der Waals surface area contributed by atoms with E-state index in [9.17, 15) is 9.18 Å². The molecule has 0 saturated carbocycles. The van der Waals surface area contributed by atoms with Gasteiger partial charge in [0.15, 0.2) is 11.6 Å². The van der Waals surface area contributed by atoms with Gasteiger partial charge in [-0.25, -0.2) is 4.39 Å². The maximum Gasteiger partial charge on any atom is 0.165 e. The molecule has 0 aliphatic rings. The van der Waals surface area contributed by atoms with Crippen LogP contribution in [0.2, 0.25) is 5.02 Å². The first-order valence-corrected chi connectivity index (χ1v) is 10.1. The van der Waals surface area contributed by atoms with Crippen LogP contribution in [0, 0.1) is 19.7 Å². The van der Waals surface area contributed by atoms with Crippen LogP contribution < -0.4 is 4.74 Å². The molecule has 0 fully saturated rings. The van der Waals surface area contributed by atoms with Crippen molar-refractivity contribution in [1.82, 2.24) is 0 Å². The summed E-state index contributed by atoms with van der Waals surface area (Å²) in [5, 5.41) is 0.713. The average molecular weight is 411 g/mol. The van der Waals surface area contributed by atoms with Crippen LogP contribution in [0.4, 0.5) is 4.39 Å². The molecule has 0 aliphatic heterocycles. The smallest absolute Gasteiger partial charge is 0.165 e. The minimum atomic E-state index is -0.518. The summed E-state index contributed by atoms with van der Waals surface area (Å²) in [6, 6.07) is 18.7. The Morgan fingerprint density at radius 3 is 2.48 bits per heavy atom. The molecule has 0 heterocycles. The number of ether oxygens (including phenoxy) is 1. The zero-order chi connectivity index (χ0) is 20.8. The van der Waals surface area contributed by atoms with Crippen molar-refractivity contribution in [2.75, 3.05) is 6.61 Å². The van der Waals surface area contributed by atoms with E-state index in [2.05, 4.69) is 38.1 Å². The lowest BCUT2D eigenvalue weighted by Crippen LogP contribution is -2.06. The van der Waals surface area contributed by atoms with Crippen LogP contribution in [0.15, 0.2) is 60.7 Å². The summed E-state index contributed by atoms with van der Waals surface area (Å²) < 4.78 is 19.6. The summed E-state index contributed by atoms with van der Waals surface area (Å²) in [6.07, 6.45) is 2.21. The Morgan fingerprint density at radius 2 is 1.79 bits per heavy atom. The fourth-order valence-electron chi connectivity index (χ4n) is 3.41. The van der Waals surface area contributed by atoms with Gasteiger partial charge in [0.1, 0.15) is 6.29 Å². The molecule has 4 heteroatoms. The third kappa shape index (κ3) is 5.45. The summed E-state index contributed by atoms with van der Waals surface area (Å²) in [5.74, 6) is -0.171. The van der Waals surface area contributed by atoms with Gasteiger partial charge in [0.05, 0.1) is 6.61 Å². The minimum Gasteiger partial charge on any atom is -0.491 e. The van der Waals surface area contributed by atoms with E-state index in [1.54, 1.807) is 6.07 Å². The zero-order valence-electron chi connectivity index (χ0n) is 16.6. The van der Waals surface area contributed by atoms with Crippen molar-refractivity contribution in [3.63, 3.8) is 0 Å². The van der Waals surface area contributed by atoms with E-state index in [0.717, 1.165) is 18.4 Å². The molecule has 1 atom stereocenters. The predicted molar refractivity (Wildman–Crippen MR) is 116 cm³/mol. The third-order valence-corrected chi connectivity index (χ3v) is 5.41. The van der Waals surface area contributed by atoms with Gasteiger partial charge in [-0.3, -0.25) is 4.79 Å². The van der Waals surface area contributed by atoms with Crippen LogP contribution in [-0.2, 0) is 0 Å². The third-order valence-electron chi connectivity index (χ3n) is 5.17. The second-order valence-electron chi connectivity index (χ2n) is 7.25. The van der Waals surface area contributed by atoms with Crippen LogP contribution in [0.1, 0.15) is 51.4 Å². The van der Waals surface area contributed by atoms with E-state index in [4.69, 9.17) is 16.3 Å². The van der Waals surface area contributed by atoms with Crippen molar-refractivity contribution in [2.24, 2.45) is 0 Å². The van der Waals surface area contributed by atoms with Gasteiger partial charge in [0.25, 0.3) is 0 Å². The van der Waals surface area contributed by atoms with E-state index in [-0.39, 0.29) is 11.7 Å². The Balaban J connectivity index is 1.72. The summed E-state index contributed by atoms with van der Waals surface area (Å²) in [4.78, 5) is 10.7. The van der Waals surface area contributed by atoms with Crippen molar-refractivity contribution in [2.45, 2.75) is 32.6 Å². The first kappa shape index (κ1) is 21.1. The number of carbonyl (C=O) groups excluding carboxylic acids is 1. The van der Waals surface area contributed by atoms with Crippen molar-refractivity contribution in [1.29, 1.82) is 0 Å². The Labute approximate surface area is 176 Å². The van der Waals surface area contributed by atoms with Crippen LogP contribution in [0.25, 0.3) is 0 Å². The molecule has 3 aromatic carbocycles. The lowest BCUT2D eigenvalue weighted by atomic mass is 9.86. The van der Waals surface area contributed by atoms with Gasteiger partial charge < -0.3 is 4.74 Å². The Kier molecular flexibility index (Phi) is 7.05. The highest BCUT2D eigenvalue weighted by atomic mass is 35.5. The number of carbonyl (C=O) groups is 1. The first-order chi connectivity index (χ1) is 14.0. The Morgan fingerprint density at radius 1 is 1.00 bits per heavy atom. The van der Waals surface area contributed by atoms with Crippen LogP contribution in [0.3, 0.4) is 0 Å². The van der Waals surface area contributed by atoms with Crippen LogP contribution in [-0.4, -0.2) is 12.9 Å². The average Bonchev–Trinajstić information content (AvgIpc) is 2.71. The van der Waals surface area contributed by atoms with Crippen molar-refractivity contribution in [3.05, 3.63) is 99.3 Å². The van der Waals surface area contributed by atoms with Crippen LogP contribution >= 0.6 is 11.6 Å². The lowest BCUT2D eigenvalue weighted by molar-refractivity contribution is 0.112. The molecule has 0 radical (unpaired) electrons. The van der Waals surface area contributed by atoms with E-state index >= 15 is 0 Å². The Hall–Kier alpha value is -2.65. The molecular weight excluding hydrogens is 387 g/mol. The van der Waals surface area contributed by atoms with E-state index in [0.29, 0.717) is 23.5 Å². The monoisotopic (exact) mass is 410 g/mol. The molecule has 0 unspecified atom stereocenters. The summed E-state index contributed by atoms with van der Waals surface area (Å²) in [6.45, 7) is 4.60. The topological polar surface area (TPSA) is 26.3 Å². The summed E-state index contributed by atoms with van der Waals surface area (Å²) in [5.41, 5.74) is 5.20. The molecule has 0 N–H and O–H groups in total. The summed E-state index contributed by atoms with van der Waals surface area (Å²) in [7, 11) is 0. The van der Waals surface area contributed by atoms with E-state index < -0.39 is 5.82 Å². The zero-order valence-corrected chi connectivity index (χ0v) is 17.4. The molecule has 0 amide bonds. The molecule has 3 aromatic rings. The number of hydrogen-bond donors (Lipinski definition) is 0. The molecule has 0 spiro atoms. The highest BCUT2D eigenvalue weighted by Crippen LogP contribution is 2.32. The van der Waals surface area contributed by atoms with Gasteiger partial charge in [0.2, 0.25) is 0 Å². The molecular formula is C25H24ClFO2. The van der Waals surface area contributed by atoms with E-state index in [1.165, 1.54) is 28.8 Å². The first-order valence-electron chi connectivity index (χ1n) is 9.68. The second kappa shape index (κ2) is 9.71. The van der Waals surface area contributed by atoms with Gasteiger partial charge in [-0.15, -0.1) is 0 Å². The van der Waals surface area contributed by atoms with Gasteiger partial charge in [0, 0.05) is 16.5 Å². The number of rotatable bonds is 8. The number of halogens is 2. The highest BCUT2D eigenvalue weighted by Gasteiger charge is 2.16.